The van der Waals surface area contributed by atoms with Crippen molar-refractivity contribution >= 4 is 46.5 Å². The van der Waals surface area contributed by atoms with Crippen LogP contribution < -0.4 is 33.2 Å². The Morgan fingerprint density at radius 2 is 1.43 bits per heavy atom. The minimum absolute atomic E-state index is 0.00872. The van der Waals surface area contributed by atoms with Gasteiger partial charge in [-0.1, -0.05) is 30.3 Å². The number of aliphatic carboxylic acids is 2. The Balaban J connectivity index is 1.87. The quantitative estimate of drug-likeness (QED) is 0.0472. The average Bonchev–Trinajstić information content (AvgIpc) is 3.43. The summed E-state index contributed by atoms with van der Waals surface area (Å²) in [5.74, 6) is -4.97. The number of guanidine groups is 1. The Hall–Kier alpha value is -5.64. The van der Waals surface area contributed by atoms with E-state index >= 15 is 0 Å². The predicted octanol–water partition coefficient (Wildman–Crippen LogP) is -0.557. The normalized spacial score (nSPS) is 13.5. The number of para-hydroxylation sites is 1. The molecule has 1 heterocycles. The number of nitrogens with one attached hydrogen (secondary N) is 4. The lowest BCUT2D eigenvalue weighted by Gasteiger charge is -2.25. The smallest absolute Gasteiger partial charge is 0.326 e. The summed E-state index contributed by atoms with van der Waals surface area (Å²) in [5, 5.41) is 36.9. The molecule has 0 saturated heterocycles. The van der Waals surface area contributed by atoms with E-state index in [-0.39, 0.29) is 56.8 Å². The molecule has 0 aliphatic rings. The summed E-state index contributed by atoms with van der Waals surface area (Å²) in [6, 6.07) is 8.05. The van der Waals surface area contributed by atoms with E-state index < -0.39 is 53.8 Å². The van der Waals surface area contributed by atoms with E-state index in [1.165, 1.54) is 12.1 Å². The van der Waals surface area contributed by atoms with Gasteiger partial charge in [-0.25, -0.2) is 4.79 Å². The molecule has 0 aliphatic heterocycles. The maximum atomic E-state index is 13.8. The van der Waals surface area contributed by atoms with Crippen LogP contribution in [-0.4, -0.2) is 86.6 Å². The van der Waals surface area contributed by atoms with Gasteiger partial charge in [0.15, 0.2) is 5.96 Å². The number of aromatic hydroxyl groups is 1. The van der Waals surface area contributed by atoms with Crippen LogP contribution in [0.15, 0.2) is 59.7 Å². The number of phenolic OH excluding ortho intramolecular Hbond substituents is 1. The largest absolute Gasteiger partial charge is 0.508 e. The number of carbonyl (C=O) groups is 5. The summed E-state index contributed by atoms with van der Waals surface area (Å²) in [6.07, 6.45) is 1.26. The molecule has 47 heavy (non-hydrogen) atoms. The molecule has 1 aromatic heterocycles. The van der Waals surface area contributed by atoms with Crippen LogP contribution in [0.2, 0.25) is 0 Å². The van der Waals surface area contributed by atoms with E-state index in [1.54, 1.807) is 18.3 Å². The molecule has 16 nitrogen and oxygen atoms in total. The zero-order chi connectivity index (χ0) is 34.5. The van der Waals surface area contributed by atoms with Gasteiger partial charge >= 0.3 is 11.9 Å². The van der Waals surface area contributed by atoms with Crippen LogP contribution in [0.4, 0.5) is 0 Å². The van der Waals surface area contributed by atoms with Gasteiger partial charge in [0, 0.05) is 42.9 Å². The maximum absolute atomic E-state index is 13.8. The Morgan fingerprint density at radius 1 is 0.809 bits per heavy atom. The molecule has 16 heteroatoms. The number of aliphatic imine (C=N–C) groups is 1. The first kappa shape index (κ1) is 35.8. The Bertz CT molecular complexity index is 1590. The van der Waals surface area contributed by atoms with Crippen molar-refractivity contribution in [2.75, 3.05) is 6.54 Å². The Labute approximate surface area is 269 Å². The van der Waals surface area contributed by atoms with Gasteiger partial charge in [-0.2, -0.15) is 0 Å². The standard InChI is InChI=1S/C31H40N8O8/c32-21(11-12-26(41)42)27(43)38-25(15-18-16-36-22-5-2-1-4-20(18)22)29(45)39-24(14-17-7-9-19(40)10-8-17)28(44)37-23(30(46)47)6-3-13-35-31(33)34/h1-2,4-5,7-10,16,21,23-25,36,40H,3,6,11-15,32H2,(H,37,44)(H,38,43)(H,39,45)(H,41,42)(H,46,47)(H4,33,34,35). The van der Waals surface area contributed by atoms with Crippen LogP contribution in [0.5, 0.6) is 5.75 Å². The van der Waals surface area contributed by atoms with E-state index in [2.05, 4.69) is 25.9 Å². The van der Waals surface area contributed by atoms with Crippen LogP contribution in [0.25, 0.3) is 10.9 Å². The van der Waals surface area contributed by atoms with E-state index in [1.807, 2.05) is 24.3 Å². The predicted molar refractivity (Wildman–Crippen MR) is 172 cm³/mol. The summed E-state index contributed by atoms with van der Waals surface area (Å²) in [4.78, 5) is 70.2. The molecular weight excluding hydrogens is 612 g/mol. The fourth-order valence-corrected chi connectivity index (χ4v) is 4.80. The van der Waals surface area contributed by atoms with E-state index in [0.717, 1.165) is 10.9 Å². The molecule has 4 atom stereocenters. The van der Waals surface area contributed by atoms with E-state index in [4.69, 9.17) is 22.3 Å². The molecule has 0 radical (unpaired) electrons. The lowest BCUT2D eigenvalue weighted by Crippen LogP contribution is -2.58. The Morgan fingerprint density at radius 3 is 2.06 bits per heavy atom. The molecule has 0 spiro atoms. The van der Waals surface area contributed by atoms with Crippen LogP contribution in [0.1, 0.15) is 36.8 Å². The van der Waals surface area contributed by atoms with Gasteiger partial charge in [0.05, 0.1) is 6.04 Å². The molecule has 252 valence electrons. The van der Waals surface area contributed by atoms with Gasteiger partial charge in [-0.05, 0) is 48.6 Å². The average molecular weight is 653 g/mol. The number of rotatable bonds is 18. The van der Waals surface area contributed by atoms with Gasteiger partial charge in [0.1, 0.15) is 23.9 Å². The van der Waals surface area contributed by atoms with Crippen molar-refractivity contribution in [2.24, 2.45) is 22.2 Å². The first-order valence-corrected chi connectivity index (χ1v) is 14.8. The number of aromatic amines is 1. The molecule has 2 aromatic carbocycles. The van der Waals surface area contributed by atoms with E-state index in [0.29, 0.717) is 11.1 Å². The number of nitrogens with zero attached hydrogens (tertiary/aromatic N) is 1. The second kappa shape index (κ2) is 17.2. The summed E-state index contributed by atoms with van der Waals surface area (Å²) < 4.78 is 0. The molecule has 0 saturated carbocycles. The van der Waals surface area contributed by atoms with E-state index in [9.17, 15) is 34.2 Å². The maximum Gasteiger partial charge on any atom is 0.326 e. The number of carboxylic acids is 2. The highest BCUT2D eigenvalue weighted by Crippen LogP contribution is 2.20. The van der Waals surface area contributed by atoms with Crippen molar-refractivity contribution in [3.63, 3.8) is 0 Å². The van der Waals surface area contributed by atoms with Gasteiger partial charge in [-0.3, -0.25) is 24.2 Å². The lowest BCUT2D eigenvalue weighted by molar-refractivity contribution is -0.142. The number of hydrogen-bond donors (Lipinski definition) is 10. The third kappa shape index (κ3) is 11.3. The minimum Gasteiger partial charge on any atom is -0.508 e. The number of fused-ring (bicyclic) bond motifs is 1. The molecule has 13 N–H and O–H groups in total. The molecule has 0 bridgehead atoms. The molecule has 4 unspecified atom stereocenters. The number of nitrogens with two attached hydrogens (primary N) is 3. The topological polar surface area (TPSA) is 288 Å². The highest BCUT2D eigenvalue weighted by molar-refractivity contribution is 5.95. The number of benzene rings is 2. The number of carbonyl (C=O) groups excluding carboxylic acids is 3. The fraction of sp³-hybridized carbons (Fsp3) is 0.355. The zero-order valence-corrected chi connectivity index (χ0v) is 25.5. The zero-order valence-electron chi connectivity index (χ0n) is 25.5. The SMILES string of the molecule is NC(N)=NCCCC(NC(=O)C(Cc1ccc(O)cc1)NC(=O)C(Cc1c[nH]c2ccccc12)NC(=O)C(N)CCC(=O)O)C(=O)O. The van der Waals surface area contributed by atoms with Gasteiger partial charge in [-0.15, -0.1) is 0 Å². The number of hydrogen-bond acceptors (Lipinski definition) is 8. The summed E-state index contributed by atoms with van der Waals surface area (Å²) in [7, 11) is 0. The molecular formula is C31H40N8O8. The molecule has 3 aromatic rings. The molecule has 0 fully saturated rings. The van der Waals surface area contributed by atoms with Crippen LogP contribution in [-0.2, 0) is 36.8 Å². The third-order valence-electron chi connectivity index (χ3n) is 7.31. The summed E-state index contributed by atoms with van der Waals surface area (Å²) >= 11 is 0. The van der Waals surface area contributed by atoms with Crippen molar-refractivity contribution in [3.8, 4) is 5.75 Å². The first-order valence-electron chi connectivity index (χ1n) is 14.8. The van der Waals surface area contributed by atoms with Crippen LogP contribution in [0.3, 0.4) is 0 Å². The minimum atomic E-state index is -1.33. The Kier molecular flexibility index (Phi) is 13.1. The number of aromatic nitrogens is 1. The monoisotopic (exact) mass is 652 g/mol. The fourth-order valence-electron chi connectivity index (χ4n) is 4.80. The summed E-state index contributed by atoms with van der Waals surface area (Å²) in [6.45, 7) is 0.138. The number of H-pyrrole nitrogens is 1. The van der Waals surface area contributed by atoms with Gasteiger partial charge in [0.2, 0.25) is 17.7 Å². The van der Waals surface area contributed by atoms with Crippen LogP contribution >= 0.6 is 0 Å². The second-order valence-electron chi connectivity index (χ2n) is 10.9. The van der Waals surface area contributed by atoms with Gasteiger partial charge < -0.3 is 53.5 Å². The third-order valence-corrected chi connectivity index (χ3v) is 7.31. The first-order chi connectivity index (χ1) is 22.3. The number of amides is 3. The number of carboxylic acid groups (broad SMARTS) is 2. The van der Waals surface area contributed by atoms with Crippen molar-refractivity contribution < 1.29 is 39.3 Å². The molecule has 0 aliphatic carbocycles. The molecule has 3 amide bonds. The second-order valence-corrected chi connectivity index (χ2v) is 10.9. The van der Waals surface area contributed by atoms with Crippen LogP contribution in [0, 0.1) is 0 Å². The summed E-state index contributed by atoms with van der Waals surface area (Å²) in [5.41, 5.74) is 18.5. The van der Waals surface area contributed by atoms with Gasteiger partial charge in [0.25, 0.3) is 0 Å². The highest BCUT2D eigenvalue weighted by atomic mass is 16.4. The lowest BCUT2D eigenvalue weighted by atomic mass is 10.0. The van der Waals surface area contributed by atoms with Crippen molar-refractivity contribution in [2.45, 2.75) is 62.7 Å². The van der Waals surface area contributed by atoms with Crippen molar-refractivity contribution in [1.29, 1.82) is 0 Å². The highest BCUT2D eigenvalue weighted by Gasteiger charge is 2.31. The van der Waals surface area contributed by atoms with Crippen molar-refractivity contribution in [3.05, 3.63) is 65.9 Å². The van der Waals surface area contributed by atoms with Crippen molar-refractivity contribution in [1.82, 2.24) is 20.9 Å². The molecule has 3 rings (SSSR count). The number of phenols is 1.